The van der Waals surface area contributed by atoms with Crippen LogP contribution in [0.1, 0.15) is 63.1 Å². The van der Waals surface area contributed by atoms with Crippen molar-refractivity contribution < 1.29 is 24.6 Å². The average molecular weight is 516 g/mol. The molecule has 1 atom stereocenters. The number of nitrogens with zero attached hydrogens (tertiary/aromatic N) is 2. The third-order valence-corrected chi connectivity index (χ3v) is 7.50. The fourth-order valence-corrected chi connectivity index (χ4v) is 4.96. The first-order valence-electron chi connectivity index (χ1n) is 13.2. The number of amides is 2. The molecule has 10 nitrogen and oxygen atoms in total. The Bertz CT molecular complexity index is 989. The number of carbonyl (C=O) groups is 3. The molecule has 2 amide bonds. The number of aromatic nitrogens is 1. The molecule has 1 aromatic heterocycles. The Labute approximate surface area is 218 Å². The van der Waals surface area contributed by atoms with Gasteiger partial charge in [-0.15, -0.1) is 0 Å². The van der Waals surface area contributed by atoms with Gasteiger partial charge in [0.2, 0.25) is 11.8 Å². The third kappa shape index (κ3) is 7.92. The monoisotopic (exact) mass is 515 g/mol. The molecule has 204 valence electrons. The molecule has 5 N–H and O–H groups in total. The van der Waals surface area contributed by atoms with E-state index in [4.69, 9.17) is 0 Å². The van der Waals surface area contributed by atoms with E-state index in [9.17, 15) is 24.6 Å². The lowest BCUT2D eigenvalue weighted by molar-refractivity contribution is -0.150. The second kappa shape index (κ2) is 12.9. The molecule has 2 aliphatic rings. The summed E-state index contributed by atoms with van der Waals surface area (Å²) in [5.74, 6) is -0.599. The summed E-state index contributed by atoms with van der Waals surface area (Å²) in [4.78, 5) is 42.2. The van der Waals surface area contributed by atoms with Crippen molar-refractivity contribution >= 4 is 23.6 Å². The fourth-order valence-electron chi connectivity index (χ4n) is 4.96. The van der Waals surface area contributed by atoms with Crippen molar-refractivity contribution in [2.24, 2.45) is 5.92 Å². The van der Waals surface area contributed by atoms with Crippen molar-refractivity contribution in [3.63, 3.8) is 0 Å². The normalized spacial score (nSPS) is 21.6. The van der Waals surface area contributed by atoms with E-state index in [0.29, 0.717) is 38.0 Å². The molecule has 1 saturated carbocycles. The highest BCUT2D eigenvalue weighted by molar-refractivity contribution is 5.79. The van der Waals surface area contributed by atoms with Gasteiger partial charge in [-0.1, -0.05) is 12.6 Å². The number of rotatable bonds is 12. The number of carbonyl (C=O) groups excluding carboxylic acids is 2. The van der Waals surface area contributed by atoms with Crippen LogP contribution in [0.15, 0.2) is 24.4 Å². The first-order chi connectivity index (χ1) is 17.6. The smallest absolute Gasteiger partial charge is 0.329 e. The van der Waals surface area contributed by atoms with E-state index in [1.54, 1.807) is 7.05 Å². The molecule has 1 aromatic rings. The molecule has 37 heavy (non-hydrogen) atoms. The van der Waals surface area contributed by atoms with Crippen molar-refractivity contribution in [1.29, 1.82) is 0 Å². The largest absolute Gasteiger partial charge is 0.480 e. The maximum Gasteiger partial charge on any atom is 0.329 e. The van der Waals surface area contributed by atoms with Crippen LogP contribution in [0.25, 0.3) is 0 Å². The minimum atomic E-state index is -1.48. The van der Waals surface area contributed by atoms with E-state index in [1.165, 1.54) is 17.4 Å². The molecule has 1 aliphatic carbocycles. The molecule has 1 unspecified atom stereocenters. The molecule has 10 heteroatoms. The summed E-state index contributed by atoms with van der Waals surface area (Å²) in [5, 5.41) is 30.1. The lowest BCUT2D eigenvalue weighted by Gasteiger charge is -2.40. The number of fused-ring (bicyclic) bond motifs is 1. The summed E-state index contributed by atoms with van der Waals surface area (Å²) in [6.07, 6.45) is 5.32. The molecule has 1 aliphatic heterocycles. The van der Waals surface area contributed by atoms with E-state index in [1.807, 2.05) is 0 Å². The summed E-state index contributed by atoms with van der Waals surface area (Å²) in [5.41, 5.74) is 1.22. The van der Waals surface area contributed by atoms with Gasteiger partial charge in [-0.05, 0) is 63.0 Å². The number of carboxylic acids is 1. The van der Waals surface area contributed by atoms with Crippen LogP contribution in [0.2, 0.25) is 0 Å². The molecule has 0 radical (unpaired) electrons. The molecule has 0 saturated heterocycles. The number of aliphatic carboxylic acids is 1. The second-order valence-corrected chi connectivity index (χ2v) is 10.3. The van der Waals surface area contributed by atoms with Gasteiger partial charge in [0, 0.05) is 57.3 Å². The average Bonchev–Trinajstić information content (AvgIpc) is 2.88. The van der Waals surface area contributed by atoms with Crippen molar-refractivity contribution in [2.75, 3.05) is 32.0 Å². The zero-order valence-electron chi connectivity index (χ0n) is 22.0. The molecule has 0 bridgehead atoms. The predicted octanol–water partition coefficient (Wildman–Crippen LogP) is 1.83. The zero-order chi connectivity index (χ0) is 27.0. The highest BCUT2D eigenvalue weighted by atomic mass is 16.4. The summed E-state index contributed by atoms with van der Waals surface area (Å²) >= 11 is 0. The van der Waals surface area contributed by atoms with E-state index in [0.717, 1.165) is 43.7 Å². The van der Waals surface area contributed by atoms with E-state index in [-0.39, 0.29) is 30.6 Å². The van der Waals surface area contributed by atoms with Crippen LogP contribution in [0.4, 0.5) is 5.82 Å². The molecule has 2 heterocycles. The highest BCUT2D eigenvalue weighted by Crippen LogP contribution is 2.35. The summed E-state index contributed by atoms with van der Waals surface area (Å²) in [6, 6.07) is 2.95. The first kappa shape index (κ1) is 28.4. The Morgan fingerprint density at radius 1 is 1.30 bits per heavy atom. The molecule has 0 aromatic carbocycles. The zero-order valence-corrected chi connectivity index (χ0v) is 22.0. The van der Waals surface area contributed by atoms with Crippen LogP contribution in [-0.4, -0.2) is 76.2 Å². The number of carboxylic acid groups (broad SMARTS) is 1. The number of aliphatic hydroxyl groups is 1. The first-order valence-corrected chi connectivity index (χ1v) is 13.2. The maximum absolute atomic E-state index is 12.7. The number of nitrogens with one attached hydrogen (secondary N) is 3. The Balaban J connectivity index is 1.42. The Hall–Kier alpha value is -3.14. The number of anilines is 1. The van der Waals surface area contributed by atoms with Crippen LogP contribution in [0.3, 0.4) is 0 Å². The second-order valence-electron chi connectivity index (χ2n) is 10.3. The van der Waals surface area contributed by atoms with Crippen molar-refractivity contribution in [2.45, 2.75) is 76.4 Å². The Morgan fingerprint density at radius 3 is 2.70 bits per heavy atom. The van der Waals surface area contributed by atoms with Gasteiger partial charge in [-0.3, -0.25) is 9.59 Å². The van der Waals surface area contributed by atoms with Gasteiger partial charge in [-0.25, -0.2) is 9.78 Å². The Kier molecular flexibility index (Phi) is 9.91. The van der Waals surface area contributed by atoms with Crippen LogP contribution < -0.4 is 16.0 Å². The molecule has 3 rings (SSSR count). The summed E-state index contributed by atoms with van der Waals surface area (Å²) < 4.78 is 0. The molecular formula is C27H41N5O5. The minimum absolute atomic E-state index is 0.0568. The lowest BCUT2D eigenvalue weighted by Crippen LogP contribution is -2.57. The van der Waals surface area contributed by atoms with Gasteiger partial charge < -0.3 is 31.1 Å². The van der Waals surface area contributed by atoms with Gasteiger partial charge in [0.15, 0.2) is 6.04 Å². The van der Waals surface area contributed by atoms with Crippen molar-refractivity contribution in [3.05, 3.63) is 35.7 Å². The standard InChI is InChI=1S/C27H41N5O5/c1-18(12-17-32(3)19(2)33)30-23(26(35)36)27(37)13-10-21(11-14-27)25(34)29-16-5-7-22-9-8-20-6-4-15-28-24(20)31-22/h8-9,21,23,30,37H,1,4-7,10-17H2,2-3H3,(H,28,31)(H,29,34)(H,35,36). The van der Waals surface area contributed by atoms with Gasteiger partial charge >= 0.3 is 5.97 Å². The third-order valence-electron chi connectivity index (χ3n) is 7.50. The van der Waals surface area contributed by atoms with Gasteiger partial charge in [0.25, 0.3) is 0 Å². The van der Waals surface area contributed by atoms with Crippen molar-refractivity contribution in [3.8, 4) is 0 Å². The minimum Gasteiger partial charge on any atom is -0.480 e. The van der Waals surface area contributed by atoms with E-state index in [2.05, 4.69) is 39.6 Å². The predicted molar refractivity (Wildman–Crippen MR) is 141 cm³/mol. The fraction of sp³-hybridized carbons (Fsp3) is 0.630. The topological polar surface area (TPSA) is 144 Å². The van der Waals surface area contributed by atoms with Gasteiger partial charge in [0.05, 0.1) is 5.60 Å². The maximum atomic E-state index is 12.7. The quantitative estimate of drug-likeness (QED) is 0.265. The van der Waals surface area contributed by atoms with Crippen LogP contribution in [0, 0.1) is 5.92 Å². The lowest BCUT2D eigenvalue weighted by atomic mass is 9.74. The molecule has 1 fully saturated rings. The van der Waals surface area contributed by atoms with E-state index >= 15 is 0 Å². The summed E-state index contributed by atoms with van der Waals surface area (Å²) in [7, 11) is 1.66. The summed E-state index contributed by atoms with van der Waals surface area (Å²) in [6.45, 7) is 7.21. The SMILES string of the molecule is C=C(CCN(C)C(C)=O)NC(C(=O)O)C1(O)CCC(C(=O)NCCCc2ccc3c(n2)NCCC3)CC1. The van der Waals surface area contributed by atoms with Crippen molar-refractivity contribution in [1.82, 2.24) is 20.5 Å². The van der Waals surface area contributed by atoms with Gasteiger partial charge in [0.1, 0.15) is 5.82 Å². The van der Waals surface area contributed by atoms with Crippen LogP contribution in [0.5, 0.6) is 0 Å². The molecular weight excluding hydrogens is 474 g/mol. The molecule has 0 spiro atoms. The number of aryl methyl sites for hydroxylation is 2. The van der Waals surface area contributed by atoms with Crippen LogP contribution in [-0.2, 0) is 27.2 Å². The highest BCUT2D eigenvalue weighted by Gasteiger charge is 2.45. The van der Waals surface area contributed by atoms with E-state index < -0.39 is 17.6 Å². The number of pyridine rings is 1. The number of hydrogen-bond acceptors (Lipinski definition) is 7. The van der Waals surface area contributed by atoms with Crippen LogP contribution >= 0.6 is 0 Å². The number of hydrogen-bond donors (Lipinski definition) is 5. The van der Waals surface area contributed by atoms with Gasteiger partial charge in [-0.2, -0.15) is 0 Å². The Morgan fingerprint density at radius 2 is 2.03 bits per heavy atom.